The Hall–Kier alpha value is -3.32. The molecule has 0 aliphatic heterocycles. The van der Waals surface area contributed by atoms with Crippen LogP contribution in [-0.4, -0.2) is 28.0 Å². The van der Waals surface area contributed by atoms with Gasteiger partial charge in [0.15, 0.2) is 0 Å². The monoisotopic (exact) mass is 466 g/mol. The molecule has 0 bridgehead atoms. The van der Waals surface area contributed by atoms with Gasteiger partial charge in [0.25, 0.3) is 10.0 Å². The number of benzene rings is 3. The molecule has 3 rings (SSSR count). The maximum absolute atomic E-state index is 13.6. The van der Waals surface area contributed by atoms with Gasteiger partial charge in [0.2, 0.25) is 5.91 Å². The summed E-state index contributed by atoms with van der Waals surface area (Å²) in [6, 6.07) is 21.0. The number of aryl methyl sites for hydroxylation is 2. The highest BCUT2D eigenvalue weighted by Gasteiger charge is 2.29. The normalized spacial score (nSPS) is 12.1. The van der Waals surface area contributed by atoms with E-state index in [1.54, 1.807) is 43.5 Å². The molecule has 0 aliphatic rings. The summed E-state index contributed by atoms with van der Waals surface area (Å²) in [5.74, 6) is 0.251. The molecule has 0 spiro atoms. The van der Waals surface area contributed by atoms with Crippen molar-refractivity contribution in [3.63, 3.8) is 0 Å². The molecule has 1 atom stereocenters. The van der Waals surface area contributed by atoms with Crippen molar-refractivity contribution in [3.8, 4) is 5.75 Å². The first kappa shape index (κ1) is 24.3. The molecule has 0 saturated carbocycles. The van der Waals surface area contributed by atoms with Gasteiger partial charge >= 0.3 is 0 Å². The minimum atomic E-state index is -3.96. The van der Waals surface area contributed by atoms with Crippen LogP contribution in [0.15, 0.2) is 77.7 Å². The molecule has 0 radical (unpaired) electrons. The molecule has 0 fully saturated rings. The Morgan fingerprint density at radius 3 is 2.30 bits per heavy atom. The molecule has 33 heavy (non-hydrogen) atoms. The van der Waals surface area contributed by atoms with E-state index < -0.39 is 15.9 Å². The highest BCUT2D eigenvalue weighted by atomic mass is 32.2. The summed E-state index contributed by atoms with van der Waals surface area (Å²) >= 11 is 0. The minimum absolute atomic E-state index is 0.143. The Morgan fingerprint density at radius 2 is 1.64 bits per heavy atom. The lowest BCUT2D eigenvalue weighted by molar-refractivity contribution is -0.120. The molecule has 0 unspecified atom stereocenters. The minimum Gasteiger partial charge on any atom is -0.496 e. The van der Waals surface area contributed by atoms with Crippen molar-refractivity contribution in [2.45, 2.75) is 38.1 Å². The average molecular weight is 467 g/mol. The van der Waals surface area contributed by atoms with Crippen LogP contribution in [0, 0.1) is 6.92 Å². The van der Waals surface area contributed by atoms with E-state index in [1.807, 2.05) is 57.2 Å². The van der Waals surface area contributed by atoms with Gasteiger partial charge in [-0.2, -0.15) is 0 Å². The summed E-state index contributed by atoms with van der Waals surface area (Å²) in [7, 11) is -2.39. The number of amides is 1. The van der Waals surface area contributed by atoms with Gasteiger partial charge in [0, 0.05) is 5.56 Å². The first-order chi connectivity index (χ1) is 15.8. The summed E-state index contributed by atoms with van der Waals surface area (Å²) < 4.78 is 33.8. The molecule has 174 valence electrons. The molecule has 0 aliphatic carbocycles. The van der Waals surface area contributed by atoms with Crippen LogP contribution in [0.2, 0.25) is 0 Å². The molecule has 6 nitrogen and oxygen atoms in total. The smallest absolute Gasteiger partial charge is 0.264 e. The van der Waals surface area contributed by atoms with E-state index in [4.69, 9.17) is 4.74 Å². The van der Waals surface area contributed by atoms with Crippen LogP contribution in [0.4, 0.5) is 5.69 Å². The van der Waals surface area contributed by atoms with Crippen LogP contribution < -0.4 is 14.4 Å². The Balaban J connectivity index is 1.94. The average Bonchev–Trinajstić information content (AvgIpc) is 2.82. The molecule has 1 amide bonds. The van der Waals surface area contributed by atoms with E-state index in [0.717, 1.165) is 16.7 Å². The first-order valence-electron chi connectivity index (χ1n) is 10.9. The van der Waals surface area contributed by atoms with Crippen LogP contribution in [0.1, 0.15) is 36.6 Å². The van der Waals surface area contributed by atoms with Crippen LogP contribution in [0.3, 0.4) is 0 Å². The Morgan fingerprint density at radius 1 is 1.00 bits per heavy atom. The summed E-state index contributed by atoms with van der Waals surface area (Å²) in [6.45, 7) is 5.36. The lowest BCUT2D eigenvalue weighted by Gasteiger charge is -2.27. The number of rotatable bonds is 9. The third-order valence-electron chi connectivity index (χ3n) is 5.52. The topological polar surface area (TPSA) is 75.7 Å². The standard InChI is InChI=1S/C26H30N2O4S/c1-5-21-10-6-8-12-24(21)28(33(30,31)22-16-14-19(2)15-17-22)18-26(29)27-20(3)23-11-7-9-13-25(23)32-4/h6-17,20H,5,18H2,1-4H3,(H,27,29)/t20-/m0/s1. The number of para-hydroxylation sites is 2. The summed E-state index contributed by atoms with van der Waals surface area (Å²) in [6.07, 6.45) is 0.634. The van der Waals surface area contributed by atoms with Crippen molar-refractivity contribution in [1.82, 2.24) is 5.32 Å². The number of ether oxygens (including phenoxy) is 1. The Bertz CT molecular complexity index is 1210. The fraction of sp³-hybridized carbons (Fsp3) is 0.269. The number of hydrogen-bond donors (Lipinski definition) is 1. The van der Waals surface area contributed by atoms with E-state index in [-0.39, 0.29) is 17.5 Å². The number of carbonyl (C=O) groups excluding carboxylic acids is 1. The van der Waals surface area contributed by atoms with Gasteiger partial charge in [-0.05, 0) is 50.1 Å². The first-order valence-corrected chi connectivity index (χ1v) is 12.3. The summed E-state index contributed by atoms with van der Waals surface area (Å²) in [4.78, 5) is 13.2. The van der Waals surface area contributed by atoms with Gasteiger partial charge in [0.1, 0.15) is 12.3 Å². The molecule has 7 heteroatoms. The number of anilines is 1. The quantitative estimate of drug-likeness (QED) is 0.499. The number of nitrogens with zero attached hydrogens (tertiary/aromatic N) is 1. The van der Waals surface area contributed by atoms with Gasteiger partial charge in [-0.1, -0.05) is 61.0 Å². The van der Waals surface area contributed by atoms with E-state index in [1.165, 1.54) is 4.31 Å². The van der Waals surface area contributed by atoms with Gasteiger partial charge in [0.05, 0.1) is 23.7 Å². The van der Waals surface area contributed by atoms with Gasteiger partial charge in [-0.15, -0.1) is 0 Å². The van der Waals surface area contributed by atoms with Crippen molar-refractivity contribution >= 4 is 21.6 Å². The van der Waals surface area contributed by atoms with E-state index in [0.29, 0.717) is 17.9 Å². The lowest BCUT2D eigenvalue weighted by Crippen LogP contribution is -2.42. The van der Waals surface area contributed by atoms with E-state index in [9.17, 15) is 13.2 Å². The zero-order valence-corrected chi connectivity index (χ0v) is 20.2. The molecule has 0 saturated heterocycles. The molecule has 0 aromatic heterocycles. The second-order valence-corrected chi connectivity index (χ2v) is 9.70. The van der Waals surface area contributed by atoms with Crippen LogP contribution in [0.25, 0.3) is 0 Å². The van der Waals surface area contributed by atoms with E-state index in [2.05, 4.69) is 5.32 Å². The number of hydrogen-bond acceptors (Lipinski definition) is 4. The molecular formula is C26H30N2O4S. The third-order valence-corrected chi connectivity index (χ3v) is 7.29. The SMILES string of the molecule is CCc1ccccc1N(CC(=O)N[C@@H](C)c1ccccc1OC)S(=O)(=O)c1ccc(C)cc1. The zero-order chi connectivity index (χ0) is 24.0. The largest absolute Gasteiger partial charge is 0.496 e. The van der Waals surface area contributed by atoms with Crippen molar-refractivity contribution in [1.29, 1.82) is 0 Å². The fourth-order valence-corrected chi connectivity index (χ4v) is 5.17. The Labute approximate surface area is 196 Å². The molecule has 0 heterocycles. The lowest BCUT2D eigenvalue weighted by atomic mass is 10.1. The Kier molecular flexibility index (Phi) is 7.76. The van der Waals surface area contributed by atoms with Crippen molar-refractivity contribution in [2.75, 3.05) is 18.0 Å². The van der Waals surface area contributed by atoms with Crippen molar-refractivity contribution < 1.29 is 17.9 Å². The number of nitrogens with one attached hydrogen (secondary N) is 1. The molecular weight excluding hydrogens is 436 g/mol. The van der Waals surface area contributed by atoms with Gasteiger partial charge in [-0.3, -0.25) is 9.10 Å². The van der Waals surface area contributed by atoms with Gasteiger partial charge in [-0.25, -0.2) is 8.42 Å². The van der Waals surface area contributed by atoms with Gasteiger partial charge < -0.3 is 10.1 Å². The maximum atomic E-state index is 13.6. The second-order valence-electron chi connectivity index (χ2n) is 7.84. The molecule has 1 N–H and O–H groups in total. The molecule has 3 aromatic rings. The molecule has 3 aromatic carbocycles. The summed E-state index contributed by atoms with van der Waals surface area (Å²) in [5.41, 5.74) is 3.12. The maximum Gasteiger partial charge on any atom is 0.264 e. The van der Waals surface area contributed by atoms with Crippen LogP contribution >= 0.6 is 0 Å². The zero-order valence-electron chi connectivity index (χ0n) is 19.4. The van der Waals surface area contributed by atoms with Crippen LogP contribution in [0.5, 0.6) is 5.75 Å². The van der Waals surface area contributed by atoms with E-state index >= 15 is 0 Å². The highest BCUT2D eigenvalue weighted by Crippen LogP contribution is 2.28. The fourth-order valence-electron chi connectivity index (χ4n) is 3.71. The third kappa shape index (κ3) is 5.54. The predicted octanol–water partition coefficient (Wildman–Crippen LogP) is 4.64. The van der Waals surface area contributed by atoms with Crippen molar-refractivity contribution in [3.05, 3.63) is 89.5 Å². The number of carbonyl (C=O) groups is 1. The summed E-state index contributed by atoms with van der Waals surface area (Å²) in [5, 5.41) is 2.92. The van der Waals surface area contributed by atoms with Crippen LogP contribution in [-0.2, 0) is 21.2 Å². The predicted molar refractivity (Wildman–Crippen MR) is 131 cm³/mol. The highest BCUT2D eigenvalue weighted by molar-refractivity contribution is 7.92. The van der Waals surface area contributed by atoms with Crippen molar-refractivity contribution in [2.24, 2.45) is 0 Å². The number of methoxy groups -OCH3 is 1. The second kappa shape index (κ2) is 10.5. The number of sulfonamides is 1.